The number of nitrogens with zero attached hydrogens (tertiary/aromatic N) is 2. The summed E-state index contributed by atoms with van der Waals surface area (Å²) in [6.07, 6.45) is 3.67. The summed E-state index contributed by atoms with van der Waals surface area (Å²) < 4.78 is 22.3. The second kappa shape index (κ2) is 11.4. The maximum absolute atomic E-state index is 13.5. The van der Waals surface area contributed by atoms with Crippen molar-refractivity contribution in [1.29, 1.82) is 0 Å². The fraction of sp³-hybridized carbons (Fsp3) is 0.536. The Kier molecular flexibility index (Phi) is 8.26. The van der Waals surface area contributed by atoms with Crippen molar-refractivity contribution in [2.75, 3.05) is 27.3 Å². The minimum atomic E-state index is -1.06. The molecule has 0 saturated carbocycles. The fourth-order valence-electron chi connectivity index (χ4n) is 5.51. The van der Waals surface area contributed by atoms with Gasteiger partial charge in [-0.25, -0.2) is 4.79 Å². The predicted octanol–water partition coefficient (Wildman–Crippen LogP) is 4.08. The van der Waals surface area contributed by atoms with Crippen LogP contribution in [0.25, 0.3) is 10.9 Å². The zero-order valence-electron chi connectivity index (χ0n) is 21.5. The number of rotatable bonds is 10. The molecule has 0 radical (unpaired) electrons. The van der Waals surface area contributed by atoms with Crippen LogP contribution in [0.4, 0.5) is 0 Å². The Morgan fingerprint density at radius 2 is 2.06 bits per heavy atom. The molecular weight excluding hydrogens is 460 g/mol. The molecule has 194 valence electrons. The molecule has 3 aliphatic heterocycles. The molecule has 0 amide bonds. The molecule has 5 rings (SSSR count). The Morgan fingerprint density at radius 1 is 1.25 bits per heavy atom. The average molecular weight is 497 g/mol. The van der Waals surface area contributed by atoms with Crippen LogP contribution in [0.5, 0.6) is 5.75 Å². The van der Waals surface area contributed by atoms with E-state index >= 15 is 0 Å². The third kappa shape index (κ3) is 5.55. The van der Waals surface area contributed by atoms with Crippen LogP contribution in [-0.2, 0) is 23.8 Å². The standard InChI is InChI=1S/C28H36N2O6/c1-6-18-16-30-12-10-19(18)13-24(30)27(36-28(32)25(35-17(2)3)15-26(31)34-5)21-9-11-29-23-8-7-20(33-4)14-22(21)23/h6-9,11,14,17-19,24-25,27H,1,10,12-13,15-16H2,2-5H3/t18-,19-,24-,25+,27+/m0/s1. The van der Waals surface area contributed by atoms with Gasteiger partial charge in [-0.05, 0) is 69.3 Å². The molecular formula is C28H36N2O6. The molecule has 1 aromatic heterocycles. The van der Waals surface area contributed by atoms with E-state index in [-0.39, 0.29) is 18.6 Å². The third-order valence-electron chi connectivity index (χ3n) is 7.31. The lowest BCUT2D eigenvalue weighted by molar-refractivity contribution is -0.176. The molecule has 1 aromatic carbocycles. The van der Waals surface area contributed by atoms with E-state index in [1.807, 2.05) is 44.2 Å². The van der Waals surface area contributed by atoms with Gasteiger partial charge in [-0.15, -0.1) is 6.58 Å². The number of hydrogen-bond donors (Lipinski definition) is 0. The van der Waals surface area contributed by atoms with E-state index in [0.717, 1.165) is 42.4 Å². The molecule has 4 heterocycles. The second-order valence-electron chi connectivity index (χ2n) is 9.84. The molecule has 3 saturated heterocycles. The molecule has 2 bridgehead atoms. The van der Waals surface area contributed by atoms with Crippen molar-refractivity contribution in [2.45, 2.75) is 57.5 Å². The van der Waals surface area contributed by atoms with Gasteiger partial charge in [0.1, 0.15) is 11.9 Å². The van der Waals surface area contributed by atoms with Gasteiger partial charge in [0.15, 0.2) is 6.10 Å². The molecule has 8 heteroatoms. The lowest BCUT2D eigenvalue weighted by atomic mass is 9.73. The Labute approximate surface area is 212 Å². The topological polar surface area (TPSA) is 87.2 Å². The number of methoxy groups -OCH3 is 2. The van der Waals surface area contributed by atoms with Crippen LogP contribution in [0.1, 0.15) is 44.8 Å². The minimum absolute atomic E-state index is 0.0153. The highest BCUT2D eigenvalue weighted by atomic mass is 16.6. The van der Waals surface area contributed by atoms with Crippen molar-refractivity contribution in [1.82, 2.24) is 9.88 Å². The van der Waals surface area contributed by atoms with E-state index in [4.69, 9.17) is 18.9 Å². The van der Waals surface area contributed by atoms with Gasteiger partial charge in [0.05, 0.1) is 38.3 Å². The summed E-state index contributed by atoms with van der Waals surface area (Å²) in [5.41, 5.74) is 1.65. The number of ether oxygens (including phenoxy) is 4. The van der Waals surface area contributed by atoms with E-state index in [1.165, 1.54) is 7.11 Å². The van der Waals surface area contributed by atoms with Gasteiger partial charge in [0.25, 0.3) is 0 Å². The van der Waals surface area contributed by atoms with Crippen molar-refractivity contribution in [3.8, 4) is 5.75 Å². The predicted molar refractivity (Wildman–Crippen MR) is 136 cm³/mol. The van der Waals surface area contributed by atoms with Crippen molar-refractivity contribution in [3.05, 3.63) is 48.7 Å². The summed E-state index contributed by atoms with van der Waals surface area (Å²) in [5, 5.41) is 0.867. The molecule has 36 heavy (non-hydrogen) atoms. The first kappa shape index (κ1) is 26.1. The van der Waals surface area contributed by atoms with Crippen LogP contribution in [0.3, 0.4) is 0 Å². The van der Waals surface area contributed by atoms with Crippen LogP contribution < -0.4 is 4.74 Å². The van der Waals surface area contributed by atoms with Gasteiger partial charge >= 0.3 is 11.9 Å². The largest absolute Gasteiger partial charge is 0.497 e. The lowest BCUT2D eigenvalue weighted by Crippen LogP contribution is -2.55. The summed E-state index contributed by atoms with van der Waals surface area (Å²) in [5.74, 6) is 0.513. The maximum Gasteiger partial charge on any atom is 0.336 e. The Hall–Kier alpha value is -2.97. The van der Waals surface area contributed by atoms with Crippen LogP contribution in [0, 0.1) is 11.8 Å². The average Bonchev–Trinajstić information content (AvgIpc) is 2.90. The number of fused-ring (bicyclic) bond motifs is 4. The Bertz CT molecular complexity index is 1100. The van der Waals surface area contributed by atoms with Crippen LogP contribution in [0.2, 0.25) is 0 Å². The molecule has 8 nitrogen and oxygen atoms in total. The van der Waals surface area contributed by atoms with Gasteiger partial charge < -0.3 is 18.9 Å². The van der Waals surface area contributed by atoms with Gasteiger partial charge in [-0.2, -0.15) is 0 Å². The number of aromatic nitrogens is 1. The van der Waals surface area contributed by atoms with Crippen molar-refractivity contribution >= 4 is 22.8 Å². The van der Waals surface area contributed by atoms with Gasteiger partial charge in [0.2, 0.25) is 0 Å². The first-order valence-electron chi connectivity index (χ1n) is 12.6. The quantitative estimate of drug-likeness (QED) is 0.359. The molecule has 3 aliphatic rings. The molecule has 3 fully saturated rings. The zero-order valence-corrected chi connectivity index (χ0v) is 21.5. The highest BCUT2D eigenvalue weighted by molar-refractivity contribution is 5.85. The van der Waals surface area contributed by atoms with Crippen LogP contribution in [0.15, 0.2) is 43.1 Å². The molecule has 0 N–H and O–H groups in total. The molecule has 6 atom stereocenters. The highest BCUT2D eigenvalue weighted by Crippen LogP contribution is 2.44. The first-order chi connectivity index (χ1) is 17.3. The van der Waals surface area contributed by atoms with E-state index in [0.29, 0.717) is 17.6 Å². The van der Waals surface area contributed by atoms with E-state index in [9.17, 15) is 9.59 Å². The first-order valence-corrected chi connectivity index (χ1v) is 12.6. The monoisotopic (exact) mass is 496 g/mol. The van der Waals surface area contributed by atoms with E-state index < -0.39 is 24.1 Å². The molecule has 0 spiro atoms. The van der Waals surface area contributed by atoms with Crippen LogP contribution >= 0.6 is 0 Å². The molecule has 0 unspecified atom stereocenters. The second-order valence-corrected chi connectivity index (χ2v) is 9.84. The summed E-state index contributed by atoms with van der Waals surface area (Å²) in [4.78, 5) is 32.5. The maximum atomic E-state index is 13.5. The summed E-state index contributed by atoms with van der Waals surface area (Å²) in [6, 6.07) is 7.59. The zero-order chi connectivity index (χ0) is 25.8. The Morgan fingerprint density at radius 3 is 2.69 bits per heavy atom. The summed E-state index contributed by atoms with van der Waals surface area (Å²) in [6.45, 7) is 9.49. The van der Waals surface area contributed by atoms with Crippen molar-refractivity contribution in [3.63, 3.8) is 0 Å². The summed E-state index contributed by atoms with van der Waals surface area (Å²) >= 11 is 0. The number of pyridine rings is 1. The van der Waals surface area contributed by atoms with Crippen LogP contribution in [-0.4, -0.2) is 67.4 Å². The Balaban J connectivity index is 1.73. The minimum Gasteiger partial charge on any atom is -0.497 e. The number of piperidine rings is 3. The number of carbonyl (C=O) groups excluding carboxylic acids is 2. The smallest absolute Gasteiger partial charge is 0.336 e. The molecule has 2 aromatic rings. The van der Waals surface area contributed by atoms with E-state index in [2.05, 4.69) is 16.5 Å². The number of hydrogen-bond acceptors (Lipinski definition) is 8. The normalized spacial score (nSPS) is 24.8. The van der Waals surface area contributed by atoms with Crippen molar-refractivity contribution < 1.29 is 28.5 Å². The number of benzene rings is 1. The summed E-state index contributed by atoms with van der Waals surface area (Å²) in [7, 11) is 2.91. The van der Waals surface area contributed by atoms with Gasteiger partial charge in [-0.3, -0.25) is 14.7 Å². The fourth-order valence-corrected chi connectivity index (χ4v) is 5.51. The van der Waals surface area contributed by atoms with Gasteiger partial charge in [-0.1, -0.05) is 6.08 Å². The number of carbonyl (C=O) groups is 2. The lowest BCUT2D eigenvalue weighted by Gasteiger charge is -2.51. The highest BCUT2D eigenvalue weighted by Gasteiger charge is 2.45. The third-order valence-corrected chi connectivity index (χ3v) is 7.31. The van der Waals surface area contributed by atoms with Crippen molar-refractivity contribution in [2.24, 2.45) is 11.8 Å². The molecule has 0 aliphatic carbocycles. The number of esters is 2. The van der Waals surface area contributed by atoms with Gasteiger partial charge in [0, 0.05) is 23.7 Å². The van der Waals surface area contributed by atoms with E-state index in [1.54, 1.807) is 13.3 Å². The SMILES string of the molecule is C=C[C@H]1C[N@]2CC[C@H]1C[C@H]2[C@H](OC(=O)[C@@H](CC(=O)OC)OC(C)C)c1ccnc2ccc(OC)cc12.